The van der Waals surface area contributed by atoms with Gasteiger partial charge in [-0.1, -0.05) is 6.07 Å². The maximum absolute atomic E-state index is 11.5. The molecule has 0 amide bonds. The number of fused-ring (bicyclic) bond motifs is 1. The van der Waals surface area contributed by atoms with Crippen molar-refractivity contribution in [2.75, 3.05) is 5.32 Å². The minimum atomic E-state index is -3.27. The Morgan fingerprint density at radius 3 is 2.80 bits per heavy atom. The van der Waals surface area contributed by atoms with Crippen LogP contribution in [0.1, 0.15) is 12.5 Å². The lowest BCUT2D eigenvalue weighted by Crippen LogP contribution is -2.13. The van der Waals surface area contributed by atoms with Gasteiger partial charge >= 0.3 is 0 Å². The number of hydrogen-bond acceptors (Lipinski definition) is 4. The SMILES string of the molecule is CC(O)Nc1ccc2c(c1)S(=O)(=O)C=C2. The fourth-order valence-electron chi connectivity index (χ4n) is 1.49. The number of sulfone groups is 1. The van der Waals surface area contributed by atoms with Crippen LogP contribution in [0.4, 0.5) is 5.69 Å². The van der Waals surface area contributed by atoms with Crippen LogP contribution in [-0.4, -0.2) is 19.8 Å². The van der Waals surface area contributed by atoms with Crippen LogP contribution in [0.5, 0.6) is 0 Å². The van der Waals surface area contributed by atoms with Gasteiger partial charge in [0.25, 0.3) is 0 Å². The van der Waals surface area contributed by atoms with Crippen molar-refractivity contribution < 1.29 is 13.5 Å². The Hall–Kier alpha value is -1.33. The summed E-state index contributed by atoms with van der Waals surface area (Å²) in [4.78, 5) is 0.285. The molecule has 1 atom stereocenters. The summed E-state index contributed by atoms with van der Waals surface area (Å²) in [7, 11) is -3.27. The van der Waals surface area contributed by atoms with E-state index in [1.165, 1.54) is 11.5 Å². The van der Waals surface area contributed by atoms with E-state index in [0.717, 1.165) is 0 Å². The lowest BCUT2D eigenvalue weighted by molar-refractivity contribution is 0.224. The molecule has 2 N–H and O–H groups in total. The second-order valence-corrected chi connectivity index (χ2v) is 5.22. The smallest absolute Gasteiger partial charge is 0.200 e. The Kier molecular flexibility index (Phi) is 2.28. The molecule has 0 aliphatic carbocycles. The van der Waals surface area contributed by atoms with Crippen LogP contribution in [0, 0.1) is 0 Å². The highest BCUT2D eigenvalue weighted by Crippen LogP contribution is 2.29. The second kappa shape index (κ2) is 3.36. The van der Waals surface area contributed by atoms with Crippen LogP contribution in [0.2, 0.25) is 0 Å². The number of aliphatic hydroxyl groups excluding tert-OH is 1. The van der Waals surface area contributed by atoms with Crippen molar-refractivity contribution in [2.45, 2.75) is 18.0 Å². The third kappa shape index (κ3) is 1.88. The van der Waals surface area contributed by atoms with E-state index in [9.17, 15) is 8.42 Å². The molecule has 0 spiro atoms. The fraction of sp³-hybridized carbons (Fsp3) is 0.200. The second-order valence-electron chi connectivity index (χ2n) is 3.42. The van der Waals surface area contributed by atoms with Gasteiger partial charge in [0.2, 0.25) is 9.84 Å². The van der Waals surface area contributed by atoms with E-state index < -0.39 is 16.1 Å². The number of aliphatic hydroxyl groups is 1. The van der Waals surface area contributed by atoms with Gasteiger partial charge in [0.1, 0.15) is 6.23 Å². The van der Waals surface area contributed by atoms with Gasteiger partial charge in [-0.15, -0.1) is 0 Å². The van der Waals surface area contributed by atoms with Gasteiger partial charge in [0.05, 0.1) is 4.90 Å². The molecule has 1 aliphatic rings. The predicted molar refractivity (Wildman–Crippen MR) is 58.0 cm³/mol. The van der Waals surface area contributed by atoms with Crippen molar-refractivity contribution in [2.24, 2.45) is 0 Å². The Morgan fingerprint density at radius 2 is 2.13 bits per heavy atom. The maximum Gasteiger partial charge on any atom is 0.200 e. The van der Waals surface area contributed by atoms with Crippen molar-refractivity contribution in [3.05, 3.63) is 29.2 Å². The Labute approximate surface area is 88.2 Å². The van der Waals surface area contributed by atoms with Gasteiger partial charge in [-0.3, -0.25) is 0 Å². The zero-order chi connectivity index (χ0) is 11.1. The number of rotatable bonds is 2. The van der Waals surface area contributed by atoms with Crippen LogP contribution >= 0.6 is 0 Å². The molecule has 1 aromatic rings. The number of hydrogen-bond donors (Lipinski definition) is 2. The highest BCUT2D eigenvalue weighted by Gasteiger charge is 2.20. The normalized spacial score (nSPS) is 18.5. The minimum Gasteiger partial charge on any atom is -0.374 e. The summed E-state index contributed by atoms with van der Waals surface area (Å²) in [5.74, 6) is 0. The largest absolute Gasteiger partial charge is 0.374 e. The minimum absolute atomic E-state index is 0.285. The molecule has 15 heavy (non-hydrogen) atoms. The molecule has 1 unspecified atom stereocenters. The van der Waals surface area contributed by atoms with E-state index in [1.54, 1.807) is 25.1 Å². The summed E-state index contributed by atoms with van der Waals surface area (Å²) in [5, 5.41) is 13.0. The maximum atomic E-state index is 11.5. The number of anilines is 1. The van der Waals surface area contributed by atoms with E-state index in [-0.39, 0.29) is 4.90 Å². The van der Waals surface area contributed by atoms with Crippen LogP contribution in [0.25, 0.3) is 6.08 Å². The third-order valence-electron chi connectivity index (χ3n) is 2.12. The zero-order valence-electron chi connectivity index (χ0n) is 8.14. The molecule has 0 radical (unpaired) electrons. The first kappa shape index (κ1) is 10.2. The van der Waals surface area contributed by atoms with Crippen molar-refractivity contribution in [1.29, 1.82) is 0 Å². The van der Waals surface area contributed by atoms with Gasteiger partial charge in [-0.05, 0) is 30.7 Å². The lowest BCUT2D eigenvalue weighted by Gasteiger charge is -2.10. The van der Waals surface area contributed by atoms with Gasteiger partial charge in [-0.2, -0.15) is 0 Å². The topological polar surface area (TPSA) is 66.4 Å². The molecule has 5 heteroatoms. The van der Waals surface area contributed by atoms with Crippen molar-refractivity contribution in [1.82, 2.24) is 0 Å². The molecule has 1 aliphatic heterocycles. The average molecular weight is 225 g/mol. The summed E-state index contributed by atoms with van der Waals surface area (Å²) in [6.07, 6.45) is 0.858. The standard InChI is InChI=1S/C10H11NO3S/c1-7(12)11-9-3-2-8-4-5-15(13,14)10(8)6-9/h2-7,11-12H,1H3. The average Bonchev–Trinajstić information content (AvgIpc) is 2.42. The molecule has 1 heterocycles. The predicted octanol–water partition coefficient (Wildman–Crippen LogP) is 1.19. The quantitative estimate of drug-likeness (QED) is 0.742. The molecule has 0 bridgehead atoms. The van der Waals surface area contributed by atoms with E-state index in [4.69, 9.17) is 5.11 Å². The first-order valence-electron chi connectivity index (χ1n) is 4.51. The van der Waals surface area contributed by atoms with Crippen LogP contribution in [0.3, 0.4) is 0 Å². The highest BCUT2D eigenvalue weighted by atomic mass is 32.2. The molecular weight excluding hydrogens is 214 g/mol. The molecule has 0 saturated carbocycles. The van der Waals surface area contributed by atoms with Crippen LogP contribution in [0.15, 0.2) is 28.5 Å². The number of benzene rings is 1. The fourth-order valence-corrected chi connectivity index (χ4v) is 2.71. The van der Waals surface area contributed by atoms with Crippen LogP contribution in [-0.2, 0) is 9.84 Å². The Balaban J connectivity index is 2.45. The zero-order valence-corrected chi connectivity index (χ0v) is 8.95. The molecule has 0 saturated heterocycles. The van der Waals surface area contributed by atoms with Gasteiger partial charge < -0.3 is 10.4 Å². The summed E-state index contributed by atoms with van der Waals surface area (Å²) in [5.41, 5.74) is 1.28. The van der Waals surface area contributed by atoms with Gasteiger partial charge in [0, 0.05) is 11.1 Å². The summed E-state index contributed by atoms with van der Waals surface area (Å²) in [6.45, 7) is 1.57. The summed E-state index contributed by atoms with van der Waals surface area (Å²) in [6, 6.07) is 4.97. The monoisotopic (exact) mass is 225 g/mol. The molecular formula is C10H11NO3S. The highest BCUT2D eigenvalue weighted by molar-refractivity contribution is 7.94. The molecule has 0 fully saturated rings. The Morgan fingerprint density at radius 1 is 1.40 bits per heavy atom. The van der Waals surface area contributed by atoms with Crippen molar-refractivity contribution in [3.8, 4) is 0 Å². The van der Waals surface area contributed by atoms with Gasteiger partial charge in [-0.25, -0.2) is 8.42 Å². The van der Waals surface area contributed by atoms with E-state index in [0.29, 0.717) is 11.3 Å². The molecule has 4 nitrogen and oxygen atoms in total. The van der Waals surface area contributed by atoms with Gasteiger partial charge in [0.15, 0.2) is 0 Å². The Bertz CT molecular complexity index is 517. The van der Waals surface area contributed by atoms with E-state index in [2.05, 4.69) is 5.32 Å². The van der Waals surface area contributed by atoms with Crippen molar-refractivity contribution >= 4 is 21.6 Å². The number of nitrogens with one attached hydrogen (secondary N) is 1. The first-order valence-corrected chi connectivity index (χ1v) is 6.05. The molecule has 1 aromatic carbocycles. The molecule has 80 valence electrons. The molecule has 2 rings (SSSR count). The first-order chi connectivity index (χ1) is 6.99. The molecule has 0 aromatic heterocycles. The van der Waals surface area contributed by atoms with Crippen LogP contribution < -0.4 is 5.32 Å². The van der Waals surface area contributed by atoms with Crippen molar-refractivity contribution in [3.63, 3.8) is 0 Å². The summed E-state index contributed by atoms with van der Waals surface area (Å²) < 4.78 is 23.0. The van der Waals surface area contributed by atoms with E-state index in [1.807, 2.05) is 0 Å². The van der Waals surface area contributed by atoms with E-state index >= 15 is 0 Å². The lowest BCUT2D eigenvalue weighted by atomic mass is 10.2. The third-order valence-corrected chi connectivity index (χ3v) is 3.58. The summed E-state index contributed by atoms with van der Waals surface area (Å²) >= 11 is 0.